The predicted molar refractivity (Wildman–Crippen MR) is 64.4 cm³/mol. The molecule has 9 heteroatoms. The molecule has 0 bridgehead atoms. The zero-order valence-electron chi connectivity index (χ0n) is 10.1. The van der Waals surface area contributed by atoms with Crippen LogP contribution in [0.15, 0.2) is 16.7 Å². The van der Waals surface area contributed by atoms with E-state index in [1.54, 1.807) is 0 Å². The van der Waals surface area contributed by atoms with Crippen molar-refractivity contribution in [1.82, 2.24) is 9.88 Å². The van der Waals surface area contributed by atoms with Crippen molar-refractivity contribution in [3.63, 3.8) is 0 Å². The van der Waals surface area contributed by atoms with Gasteiger partial charge in [0.2, 0.25) is 0 Å². The molecule has 1 amide bonds. The van der Waals surface area contributed by atoms with Crippen LogP contribution in [0.25, 0.3) is 0 Å². The van der Waals surface area contributed by atoms with Crippen molar-refractivity contribution in [2.45, 2.75) is 19.2 Å². The Kier molecular flexibility index (Phi) is 4.48. The minimum absolute atomic E-state index is 0.00288. The normalized spacial score (nSPS) is 14.9. The first-order chi connectivity index (χ1) is 9.36. The summed E-state index contributed by atoms with van der Waals surface area (Å²) in [5.41, 5.74) is -0.852. The summed E-state index contributed by atoms with van der Waals surface area (Å²) in [5.74, 6) is 0. The summed E-state index contributed by atoms with van der Waals surface area (Å²) in [5, 5.41) is 0. The maximum Gasteiger partial charge on any atom is 0.441 e. The molecule has 0 radical (unpaired) electrons. The average molecular weight is 355 g/mol. The highest BCUT2D eigenvalue weighted by atomic mass is 79.9. The molecule has 2 heterocycles. The van der Waals surface area contributed by atoms with Crippen LogP contribution in [-0.4, -0.2) is 29.1 Å². The molecule has 0 spiro atoms. The molecule has 0 unspecified atom stereocenters. The average Bonchev–Trinajstić information content (AvgIpc) is 2.24. The SMILES string of the molecule is O=C(OOCc1cc(C(F)(F)F)cc(Br)n1)N1CCC1. The number of hydrogen-bond donors (Lipinski definition) is 0. The maximum atomic E-state index is 12.6. The third-order valence-corrected chi connectivity index (χ3v) is 3.03. The number of pyridine rings is 1. The van der Waals surface area contributed by atoms with E-state index in [4.69, 9.17) is 0 Å². The van der Waals surface area contributed by atoms with Crippen molar-refractivity contribution in [3.05, 3.63) is 28.0 Å². The van der Waals surface area contributed by atoms with Gasteiger partial charge in [-0.3, -0.25) is 4.89 Å². The summed E-state index contributed by atoms with van der Waals surface area (Å²) >= 11 is 2.89. The fourth-order valence-electron chi connectivity index (χ4n) is 1.48. The van der Waals surface area contributed by atoms with E-state index < -0.39 is 17.8 Å². The third-order valence-electron chi connectivity index (χ3n) is 2.63. The van der Waals surface area contributed by atoms with Gasteiger partial charge in [0.1, 0.15) is 11.2 Å². The van der Waals surface area contributed by atoms with Gasteiger partial charge >= 0.3 is 12.3 Å². The first kappa shape index (κ1) is 15.0. The number of hydrogen-bond acceptors (Lipinski definition) is 4. The molecule has 110 valence electrons. The fraction of sp³-hybridized carbons (Fsp3) is 0.455. The Morgan fingerprint density at radius 2 is 2.10 bits per heavy atom. The molecule has 5 nitrogen and oxygen atoms in total. The van der Waals surface area contributed by atoms with Crippen molar-refractivity contribution in [1.29, 1.82) is 0 Å². The fourth-order valence-corrected chi connectivity index (χ4v) is 1.95. The van der Waals surface area contributed by atoms with Gasteiger partial charge in [-0.15, -0.1) is 0 Å². The first-order valence-electron chi connectivity index (χ1n) is 5.68. The van der Waals surface area contributed by atoms with Crippen LogP contribution in [0.2, 0.25) is 0 Å². The van der Waals surface area contributed by atoms with Crippen LogP contribution < -0.4 is 0 Å². The molecule has 1 aromatic rings. The van der Waals surface area contributed by atoms with E-state index in [2.05, 4.69) is 30.7 Å². The second-order valence-electron chi connectivity index (χ2n) is 4.12. The van der Waals surface area contributed by atoms with E-state index >= 15 is 0 Å². The third kappa shape index (κ3) is 3.83. The minimum atomic E-state index is -4.48. The summed E-state index contributed by atoms with van der Waals surface area (Å²) in [6.45, 7) is 0.827. The van der Waals surface area contributed by atoms with Crippen LogP contribution in [0.4, 0.5) is 18.0 Å². The molecule has 1 aromatic heterocycles. The summed E-state index contributed by atoms with van der Waals surface area (Å²) in [4.78, 5) is 25.6. The molecule has 1 aliphatic heterocycles. The highest BCUT2D eigenvalue weighted by Crippen LogP contribution is 2.31. The van der Waals surface area contributed by atoms with Crippen LogP contribution in [0.5, 0.6) is 0 Å². The minimum Gasteiger partial charge on any atom is -0.306 e. The van der Waals surface area contributed by atoms with Crippen LogP contribution in [0.1, 0.15) is 17.7 Å². The molecule has 0 aliphatic carbocycles. The number of alkyl halides is 3. The zero-order valence-corrected chi connectivity index (χ0v) is 11.7. The molecular weight excluding hydrogens is 345 g/mol. The number of rotatable bonds is 3. The van der Waals surface area contributed by atoms with Gasteiger partial charge in [-0.1, -0.05) is 0 Å². The van der Waals surface area contributed by atoms with E-state index in [1.165, 1.54) is 4.90 Å². The number of nitrogens with zero attached hydrogens (tertiary/aromatic N) is 2. The molecule has 0 saturated carbocycles. The molecule has 20 heavy (non-hydrogen) atoms. The largest absolute Gasteiger partial charge is 0.441 e. The molecule has 1 aliphatic rings. The lowest BCUT2D eigenvalue weighted by Crippen LogP contribution is -2.42. The lowest BCUT2D eigenvalue weighted by molar-refractivity contribution is -0.258. The smallest absolute Gasteiger partial charge is 0.306 e. The first-order valence-corrected chi connectivity index (χ1v) is 6.47. The molecule has 1 fully saturated rings. The topological polar surface area (TPSA) is 51.7 Å². The lowest BCUT2D eigenvalue weighted by Gasteiger charge is -2.28. The maximum absolute atomic E-state index is 12.6. The van der Waals surface area contributed by atoms with E-state index in [0.29, 0.717) is 13.1 Å². The van der Waals surface area contributed by atoms with E-state index in [-0.39, 0.29) is 16.9 Å². The van der Waals surface area contributed by atoms with Crippen molar-refractivity contribution in [3.8, 4) is 0 Å². The number of carbonyl (C=O) groups excluding carboxylic acids is 1. The number of likely N-dealkylation sites (tertiary alicyclic amines) is 1. The van der Waals surface area contributed by atoms with Gasteiger partial charge in [-0.05, 0) is 34.5 Å². The molecule has 0 N–H and O–H groups in total. The Hall–Kier alpha value is -1.35. The van der Waals surface area contributed by atoms with Gasteiger partial charge in [-0.25, -0.2) is 9.78 Å². The van der Waals surface area contributed by atoms with Gasteiger partial charge in [0.05, 0.1) is 11.3 Å². The number of amides is 1. The van der Waals surface area contributed by atoms with Crippen LogP contribution >= 0.6 is 15.9 Å². The highest BCUT2D eigenvalue weighted by molar-refractivity contribution is 9.10. The lowest BCUT2D eigenvalue weighted by atomic mass is 10.2. The van der Waals surface area contributed by atoms with Gasteiger partial charge in [0, 0.05) is 13.1 Å². The van der Waals surface area contributed by atoms with Gasteiger partial charge < -0.3 is 4.90 Å². The molecular formula is C11H10BrF3N2O3. The Morgan fingerprint density at radius 3 is 2.65 bits per heavy atom. The van der Waals surface area contributed by atoms with Crippen molar-refractivity contribution in [2.24, 2.45) is 0 Å². The second kappa shape index (κ2) is 5.96. The second-order valence-corrected chi connectivity index (χ2v) is 4.93. The van der Waals surface area contributed by atoms with Gasteiger partial charge in [-0.2, -0.15) is 18.1 Å². The Labute approximate surface area is 120 Å². The van der Waals surface area contributed by atoms with Crippen LogP contribution in [-0.2, 0) is 22.6 Å². The summed E-state index contributed by atoms with van der Waals surface area (Å²) < 4.78 is 37.8. The van der Waals surface area contributed by atoms with Crippen LogP contribution in [0.3, 0.4) is 0 Å². The molecule has 2 rings (SSSR count). The summed E-state index contributed by atoms with van der Waals surface area (Å²) in [6.07, 6.45) is -4.23. The van der Waals surface area contributed by atoms with Gasteiger partial charge in [0.25, 0.3) is 0 Å². The predicted octanol–water partition coefficient (Wildman–Crippen LogP) is 3.14. The summed E-state index contributed by atoms with van der Waals surface area (Å²) in [6, 6.07) is 1.69. The van der Waals surface area contributed by atoms with Crippen LogP contribution in [0, 0.1) is 0 Å². The summed E-state index contributed by atoms with van der Waals surface area (Å²) in [7, 11) is 0. The molecule has 1 saturated heterocycles. The van der Waals surface area contributed by atoms with Gasteiger partial charge in [0.15, 0.2) is 0 Å². The molecule has 0 aromatic carbocycles. The monoisotopic (exact) mass is 354 g/mol. The van der Waals surface area contributed by atoms with Crippen molar-refractivity contribution in [2.75, 3.05) is 13.1 Å². The quantitative estimate of drug-likeness (QED) is 0.475. The number of halogens is 4. The standard InChI is InChI=1S/C11H10BrF3N2O3/c12-9-5-7(11(13,14)15)4-8(16-9)6-19-20-10(18)17-2-1-3-17/h4-5H,1-3,6H2. The number of aromatic nitrogens is 1. The number of carbonyl (C=O) groups is 1. The Bertz CT molecular complexity index is 506. The zero-order chi connectivity index (χ0) is 14.8. The Balaban J connectivity index is 1.92. The van der Waals surface area contributed by atoms with Crippen molar-refractivity contribution >= 4 is 22.0 Å². The Morgan fingerprint density at radius 1 is 1.40 bits per heavy atom. The van der Waals surface area contributed by atoms with E-state index in [9.17, 15) is 18.0 Å². The van der Waals surface area contributed by atoms with Crippen molar-refractivity contribution < 1.29 is 27.7 Å². The highest BCUT2D eigenvalue weighted by Gasteiger charge is 2.31. The van der Waals surface area contributed by atoms with E-state index in [1.807, 2.05) is 0 Å². The van der Waals surface area contributed by atoms with E-state index in [0.717, 1.165) is 18.6 Å². The molecule has 0 atom stereocenters.